The Morgan fingerprint density at radius 3 is 2.32 bits per heavy atom. The standard InChI is InChI=1S/C14H23NO3S/c1-14(2,3)13(16)9-10-15-19(17,18)11-12-7-5-4-6-8-12/h4-8,13,15-16H,9-11H2,1-3H3. The van der Waals surface area contributed by atoms with Crippen molar-refractivity contribution in [3.8, 4) is 0 Å². The van der Waals surface area contributed by atoms with E-state index in [4.69, 9.17) is 0 Å². The topological polar surface area (TPSA) is 66.4 Å². The predicted molar refractivity (Wildman–Crippen MR) is 77.1 cm³/mol. The maximum absolute atomic E-state index is 11.8. The lowest BCUT2D eigenvalue weighted by atomic mass is 9.87. The van der Waals surface area contributed by atoms with Gasteiger partial charge in [0.1, 0.15) is 0 Å². The van der Waals surface area contributed by atoms with Crippen LogP contribution in [0.2, 0.25) is 0 Å². The molecule has 0 radical (unpaired) electrons. The third-order valence-corrected chi connectivity index (χ3v) is 4.30. The lowest BCUT2D eigenvalue weighted by Gasteiger charge is -2.25. The van der Waals surface area contributed by atoms with Gasteiger partial charge in [0.25, 0.3) is 0 Å². The highest BCUT2D eigenvalue weighted by Crippen LogP contribution is 2.21. The Bertz CT molecular complexity index is 477. The Morgan fingerprint density at radius 2 is 1.79 bits per heavy atom. The fourth-order valence-electron chi connectivity index (χ4n) is 1.63. The van der Waals surface area contributed by atoms with Crippen molar-refractivity contribution < 1.29 is 13.5 Å². The molecule has 108 valence electrons. The van der Waals surface area contributed by atoms with Gasteiger partial charge >= 0.3 is 0 Å². The largest absolute Gasteiger partial charge is 0.393 e. The number of rotatable bonds is 6. The smallest absolute Gasteiger partial charge is 0.215 e. The summed E-state index contributed by atoms with van der Waals surface area (Å²) in [7, 11) is -3.34. The SMILES string of the molecule is CC(C)(C)C(O)CCNS(=O)(=O)Cc1ccccc1. The molecular weight excluding hydrogens is 262 g/mol. The van der Waals surface area contributed by atoms with Gasteiger partial charge in [-0.2, -0.15) is 0 Å². The first-order chi connectivity index (χ1) is 8.71. The Balaban J connectivity index is 2.44. The van der Waals surface area contributed by atoms with Crippen LogP contribution in [-0.2, 0) is 15.8 Å². The Morgan fingerprint density at radius 1 is 1.21 bits per heavy atom. The van der Waals surface area contributed by atoms with Crippen LogP contribution in [0.25, 0.3) is 0 Å². The van der Waals surface area contributed by atoms with Crippen LogP contribution in [0.1, 0.15) is 32.8 Å². The molecule has 1 aromatic carbocycles. The third kappa shape index (κ3) is 6.18. The summed E-state index contributed by atoms with van der Waals surface area (Å²) in [5, 5.41) is 9.84. The van der Waals surface area contributed by atoms with Crippen LogP contribution in [0, 0.1) is 5.41 Å². The predicted octanol–water partition coefficient (Wildman–Crippen LogP) is 1.90. The van der Waals surface area contributed by atoms with Gasteiger partial charge in [-0.1, -0.05) is 51.1 Å². The average Bonchev–Trinajstić information content (AvgIpc) is 2.28. The van der Waals surface area contributed by atoms with Gasteiger partial charge in [-0.25, -0.2) is 13.1 Å². The highest BCUT2D eigenvalue weighted by atomic mass is 32.2. The summed E-state index contributed by atoms with van der Waals surface area (Å²) in [6, 6.07) is 9.04. The molecule has 0 aromatic heterocycles. The van der Waals surface area contributed by atoms with Crippen molar-refractivity contribution in [2.24, 2.45) is 5.41 Å². The van der Waals surface area contributed by atoms with Crippen LogP contribution < -0.4 is 4.72 Å². The molecule has 1 aromatic rings. The minimum Gasteiger partial charge on any atom is -0.393 e. The number of aliphatic hydroxyl groups excluding tert-OH is 1. The molecule has 0 saturated heterocycles. The van der Waals surface area contributed by atoms with Crippen molar-refractivity contribution in [3.05, 3.63) is 35.9 Å². The summed E-state index contributed by atoms with van der Waals surface area (Å²) in [5.74, 6) is -0.0283. The summed E-state index contributed by atoms with van der Waals surface area (Å²) in [6.07, 6.45) is -0.107. The van der Waals surface area contributed by atoms with E-state index in [1.165, 1.54) is 0 Å². The Kier molecular flexibility index (Phi) is 5.52. The minimum atomic E-state index is -3.34. The molecule has 0 heterocycles. The maximum atomic E-state index is 11.8. The first-order valence-electron chi connectivity index (χ1n) is 6.40. The van der Waals surface area contributed by atoms with Gasteiger partial charge in [-0.05, 0) is 17.4 Å². The molecule has 5 heteroatoms. The molecule has 0 bridgehead atoms. The third-order valence-electron chi connectivity index (χ3n) is 2.94. The summed E-state index contributed by atoms with van der Waals surface area (Å²) >= 11 is 0. The van der Waals surface area contributed by atoms with Crippen molar-refractivity contribution in [3.63, 3.8) is 0 Å². The van der Waals surface area contributed by atoms with Crippen LogP contribution in [0.4, 0.5) is 0 Å². The van der Waals surface area contributed by atoms with Gasteiger partial charge in [-0.3, -0.25) is 0 Å². The van der Waals surface area contributed by atoms with Gasteiger partial charge in [0.15, 0.2) is 0 Å². The quantitative estimate of drug-likeness (QED) is 0.839. The number of hydrogen-bond acceptors (Lipinski definition) is 3. The van der Waals surface area contributed by atoms with Crippen molar-refractivity contribution in [1.82, 2.24) is 4.72 Å². The normalized spacial score (nSPS) is 14.3. The summed E-state index contributed by atoms with van der Waals surface area (Å²) in [5.41, 5.74) is 0.525. The lowest BCUT2D eigenvalue weighted by Crippen LogP contribution is -2.33. The van der Waals surface area contributed by atoms with Crippen LogP contribution in [-0.4, -0.2) is 26.2 Å². The van der Waals surface area contributed by atoms with E-state index >= 15 is 0 Å². The Labute approximate surface area is 115 Å². The second-order valence-electron chi connectivity index (χ2n) is 5.81. The zero-order valence-electron chi connectivity index (χ0n) is 11.8. The second kappa shape index (κ2) is 6.50. The van der Waals surface area contributed by atoms with E-state index in [9.17, 15) is 13.5 Å². The summed E-state index contributed by atoms with van der Waals surface area (Å²) in [6.45, 7) is 6.04. The second-order valence-corrected chi connectivity index (χ2v) is 7.62. The highest BCUT2D eigenvalue weighted by molar-refractivity contribution is 7.88. The minimum absolute atomic E-state index is 0.0283. The van der Waals surface area contributed by atoms with E-state index in [1.54, 1.807) is 12.1 Å². The molecule has 19 heavy (non-hydrogen) atoms. The molecule has 0 amide bonds. The van der Waals surface area contributed by atoms with Gasteiger partial charge < -0.3 is 5.11 Å². The first kappa shape index (κ1) is 16.1. The molecule has 2 N–H and O–H groups in total. The zero-order valence-corrected chi connectivity index (χ0v) is 12.6. The number of nitrogens with one attached hydrogen (secondary N) is 1. The molecular formula is C14H23NO3S. The first-order valence-corrected chi connectivity index (χ1v) is 8.05. The fourth-order valence-corrected chi connectivity index (χ4v) is 2.79. The van der Waals surface area contributed by atoms with Crippen LogP contribution in [0.3, 0.4) is 0 Å². The molecule has 0 saturated carbocycles. The molecule has 0 spiro atoms. The monoisotopic (exact) mass is 285 g/mol. The van der Waals surface area contributed by atoms with Crippen molar-refractivity contribution in [2.45, 2.75) is 39.0 Å². The van der Waals surface area contributed by atoms with E-state index < -0.39 is 16.1 Å². The molecule has 1 atom stereocenters. The van der Waals surface area contributed by atoms with E-state index in [-0.39, 0.29) is 17.7 Å². The molecule has 4 nitrogen and oxygen atoms in total. The Hall–Kier alpha value is -0.910. The highest BCUT2D eigenvalue weighted by Gasteiger charge is 2.22. The van der Waals surface area contributed by atoms with Crippen molar-refractivity contribution in [1.29, 1.82) is 0 Å². The van der Waals surface area contributed by atoms with Gasteiger partial charge in [0, 0.05) is 6.54 Å². The number of benzene rings is 1. The summed E-state index contributed by atoms with van der Waals surface area (Å²) < 4.78 is 26.2. The molecule has 0 aliphatic heterocycles. The molecule has 1 unspecified atom stereocenters. The zero-order chi connectivity index (χ0) is 14.5. The van der Waals surface area contributed by atoms with Crippen molar-refractivity contribution in [2.75, 3.05) is 6.54 Å². The van der Waals surface area contributed by atoms with Crippen LogP contribution >= 0.6 is 0 Å². The number of hydrogen-bond donors (Lipinski definition) is 2. The lowest BCUT2D eigenvalue weighted by molar-refractivity contribution is 0.0571. The van der Waals surface area contributed by atoms with E-state index in [1.807, 2.05) is 39.0 Å². The molecule has 1 rings (SSSR count). The maximum Gasteiger partial charge on any atom is 0.215 e. The number of aliphatic hydroxyl groups is 1. The molecule has 0 aliphatic rings. The van der Waals surface area contributed by atoms with E-state index in [0.717, 1.165) is 5.56 Å². The van der Waals surface area contributed by atoms with E-state index in [2.05, 4.69) is 4.72 Å². The van der Waals surface area contributed by atoms with Crippen LogP contribution in [0.15, 0.2) is 30.3 Å². The molecule has 0 fully saturated rings. The summed E-state index contributed by atoms with van der Waals surface area (Å²) in [4.78, 5) is 0. The van der Waals surface area contributed by atoms with Gasteiger partial charge in [0.05, 0.1) is 11.9 Å². The van der Waals surface area contributed by atoms with Crippen LogP contribution in [0.5, 0.6) is 0 Å². The fraction of sp³-hybridized carbons (Fsp3) is 0.571. The molecule has 0 aliphatic carbocycles. The van der Waals surface area contributed by atoms with Gasteiger partial charge in [0.2, 0.25) is 10.0 Å². The van der Waals surface area contributed by atoms with Gasteiger partial charge in [-0.15, -0.1) is 0 Å². The average molecular weight is 285 g/mol. The van der Waals surface area contributed by atoms with Crippen molar-refractivity contribution >= 4 is 10.0 Å². The van der Waals surface area contributed by atoms with E-state index in [0.29, 0.717) is 6.42 Å². The number of sulfonamides is 1.